The number of Topliss-reactive ketones (excluding diaryl/α,β-unsaturated/α-hetero) is 1. The average molecular weight is 235 g/mol. The lowest BCUT2D eigenvalue weighted by Gasteiger charge is -2.15. The van der Waals surface area contributed by atoms with Crippen molar-refractivity contribution in [3.05, 3.63) is 28.8 Å². The third-order valence-electron chi connectivity index (χ3n) is 3.19. The Hall–Kier alpha value is -1.35. The molecule has 0 heterocycles. The Bertz CT molecular complexity index is 413. The molecule has 0 aromatic heterocycles. The third kappa shape index (κ3) is 2.86. The first-order valence-electron chi connectivity index (χ1n) is 5.91. The first kappa shape index (κ1) is 13.7. The van der Waals surface area contributed by atoms with Gasteiger partial charge in [-0.15, -0.1) is 0 Å². The van der Waals surface area contributed by atoms with E-state index in [4.69, 9.17) is 10.5 Å². The van der Waals surface area contributed by atoms with Gasteiger partial charge in [-0.3, -0.25) is 4.79 Å². The van der Waals surface area contributed by atoms with Crippen LogP contribution in [0, 0.1) is 19.8 Å². The molecule has 0 bridgehead atoms. The quantitative estimate of drug-likeness (QED) is 0.798. The van der Waals surface area contributed by atoms with E-state index >= 15 is 0 Å². The van der Waals surface area contributed by atoms with E-state index in [-0.39, 0.29) is 11.7 Å². The van der Waals surface area contributed by atoms with Gasteiger partial charge < -0.3 is 10.5 Å². The van der Waals surface area contributed by atoms with E-state index in [1.165, 1.54) is 0 Å². The smallest absolute Gasteiger partial charge is 0.169 e. The van der Waals surface area contributed by atoms with Crippen molar-refractivity contribution in [2.75, 3.05) is 13.7 Å². The third-order valence-corrected chi connectivity index (χ3v) is 3.19. The van der Waals surface area contributed by atoms with Crippen molar-refractivity contribution in [2.24, 2.45) is 11.7 Å². The molecule has 0 fully saturated rings. The summed E-state index contributed by atoms with van der Waals surface area (Å²) < 4.78 is 5.35. The predicted molar refractivity (Wildman–Crippen MR) is 69.6 cm³/mol. The van der Waals surface area contributed by atoms with Crippen LogP contribution in [0.4, 0.5) is 0 Å². The molecule has 0 saturated heterocycles. The summed E-state index contributed by atoms with van der Waals surface area (Å²) in [4.78, 5) is 12.2. The van der Waals surface area contributed by atoms with Crippen LogP contribution in [-0.4, -0.2) is 19.4 Å². The van der Waals surface area contributed by atoms with Crippen molar-refractivity contribution in [2.45, 2.75) is 27.2 Å². The van der Waals surface area contributed by atoms with Crippen LogP contribution in [0.15, 0.2) is 12.1 Å². The van der Waals surface area contributed by atoms with Gasteiger partial charge in [-0.25, -0.2) is 0 Å². The molecule has 1 aromatic rings. The highest BCUT2D eigenvalue weighted by atomic mass is 16.5. The van der Waals surface area contributed by atoms with E-state index in [1.54, 1.807) is 7.11 Å². The predicted octanol–water partition coefficient (Wildman–Crippen LogP) is 2.48. The molecule has 17 heavy (non-hydrogen) atoms. The molecule has 94 valence electrons. The van der Waals surface area contributed by atoms with Crippen molar-refractivity contribution in [3.8, 4) is 5.75 Å². The van der Waals surface area contributed by atoms with Crippen LogP contribution in [0.1, 0.15) is 34.8 Å². The number of carbonyl (C=O) groups excluding carboxylic acids is 1. The van der Waals surface area contributed by atoms with Crippen LogP contribution < -0.4 is 10.5 Å². The fraction of sp³-hybridized carbons (Fsp3) is 0.500. The molecule has 0 saturated carbocycles. The van der Waals surface area contributed by atoms with Crippen LogP contribution in [0.3, 0.4) is 0 Å². The molecule has 1 unspecified atom stereocenters. The van der Waals surface area contributed by atoms with Gasteiger partial charge in [-0.2, -0.15) is 0 Å². The summed E-state index contributed by atoms with van der Waals surface area (Å²) in [6.07, 6.45) is 0.703. The molecule has 1 rings (SSSR count). The first-order valence-corrected chi connectivity index (χ1v) is 5.91. The number of ketones is 1. The minimum absolute atomic E-state index is 0.0593. The highest BCUT2D eigenvalue weighted by Crippen LogP contribution is 2.28. The summed E-state index contributed by atoms with van der Waals surface area (Å²) in [6, 6.07) is 3.80. The standard InChI is InChI=1S/C14H21NO2/c1-9-5-6-12(14(17-4)11(9)3)13(16)10(2)7-8-15/h5-6,10H,7-8,15H2,1-4H3. The van der Waals surface area contributed by atoms with Gasteiger partial charge in [0.15, 0.2) is 5.78 Å². The van der Waals surface area contributed by atoms with Gasteiger partial charge in [0.1, 0.15) is 5.75 Å². The first-order chi connectivity index (χ1) is 8.02. The van der Waals surface area contributed by atoms with E-state index in [9.17, 15) is 4.79 Å². The molecule has 3 nitrogen and oxygen atoms in total. The number of methoxy groups -OCH3 is 1. The zero-order valence-electron chi connectivity index (χ0n) is 11.0. The molecule has 0 aliphatic carbocycles. The molecule has 0 radical (unpaired) electrons. The minimum Gasteiger partial charge on any atom is -0.496 e. The second-order valence-corrected chi connectivity index (χ2v) is 4.43. The van der Waals surface area contributed by atoms with Gasteiger partial charge >= 0.3 is 0 Å². The Kier molecular flexibility index (Phi) is 4.70. The molecule has 0 amide bonds. The van der Waals surface area contributed by atoms with Crippen LogP contribution in [-0.2, 0) is 0 Å². The number of carbonyl (C=O) groups is 1. The second kappa shape index (κ2) is 5.82. The minimum atomic E-state index is -0.0593. The van der Waals surface area contributed by atoms with Crippen LogP contribution >= 0.6 is 0 Å². The molecule has 0 spiro atoms. The maximum Gasteiger partial charge on any atom is 0.169 e. The monoisotopic (exact) mass is 235 g/mol. The van der Waals surface area contributed by atoms with Crippen molar-refractivity contribution < 1.29 is 9.53 Å². The van der Waals surface area contributed by atoms with Crippen LogP contribution in [0.5, 0.6) is 5.75 Å². The van der Waals surface area contributed by atoms with E-state index < -0.39 is 0 Å². The summed E-state index contributed by atoms with van der Waals surface area (Å²) in [7, 11) is 1.60. The van der Waals surface area contributed by atoms with E-state index in [0.717, 1.165) is 11.1 Å². The molecular weight excluding hydrogens is 214 g/mol. The van der Waals surface area contributed by atoms with Crippen molar-refractivity contribution in [3.63, 3.8) is 0 Å². The Labute approximate surface area is 103 Å². The molecule has 3 heteroatoms. The number of ether oxygens (including phenoxy) is 1. The summed E-state index contributed by atoms with van der Waals surface area (Å²) in [5, 5.41) is 0. The number of hydrogen-bond acceptors (Lipinski definition) is 3. The Morgan fingerprint density at radius 1 is 1.41 bits per heavy atom. The normalized spacial score (nSPS) is 12.3. The van der Waals surface area contributed by atoms with Crippen LogP contribution in [0.25, 0.3) is 0 Å². The SMILES string of the molecule is COc1c(C(=O)C(C)CCN)ccc(C)c1C. The summed E-state index contributed by atoms with van der Waals surface area (Å²) in [5.74, 6) is 0.741. The summed E-state index contributed by atoms with van der Waals surface area (Å²) in [5.41, 5.74) is 8.31. The van der Waals surface area contributed by atoms with Gasteiger partial charge in [0.25, 0.3) is 0 Å². The van der Waals surface area contributed by atoms with Crippen molar-refractivity contribution in [1.29, 1.82) is 0 Å². The maximum absolute atomic E-state index is 12.2. The summed E-state index contributed by atoms with van der Waals surface area (Å²) in [6.45, 7) is 6.41. The Morgan fingerprint density at radius 2 is 2.06 bits per heavy atom. The molecular formula is C14H21NO2. The second-order valence-electron chi connectivity index (χ2n) is 4.43. The largest absolute Gasteiger partial charge is 0.496 e. The fourth-order valence-electron chi connectivity index (χ4n) is 1.89. The lowest BCUT2D eigenvalue weighted by atomic mass is 9.93. The van der Waals surface area contributed by atoms with Gasteiger partial charge in [0, 0.05) is 5.92 Å². The highest BCUT2D eigenvalue weighted by Gasteiger charge is 2.20. The zero-order valence-corrected chi connectivity index (χ0v) is 11.0. The Morgan fingerprint density at radius 3 is 2.59 bits per heavy atom. The average Bonchev–Trinajstić information content (AvgIpc) is 2.31. The number of rotatable bonds is 5. The fourth-order valence-corrected chi connectivity index (χ4v) is 1.89. The zero-order chi connectivity index (χ0) is 13.0. The molecule has 0 aliphatic rings. The maximum atomic E-state index is 12.2. The highest BCUT2D eigenvalue weighted by molar-refractivity contribution is 6.00. The van der Waals surface area contributed by atoms with E-state index in [1.807, 2.05) is 32.9 Å². The number of benzene rings is 1. The van der Waals surface area contributed by atoms with Gasteiger partial charge in [-0.05, 0) is 44.0 Å². The van der Waals surface area contributed by atoms with Crippen molar-refractivity contribution >= 4 is 5.78 Å². The molecule has 1 aromatic carbocycles. The number of aryl methyl sites for hydroxylation is 1. The van der Waals surface area contributed by atoms with E-state index in [2.05, 4.69) is 0 Å². The molecule has 2 N–H and O–H groups in total. The number of nitrogens with two attached hydrogens (primary N) is 1. The van der Waals surface area contributed by atoms with E-state index in [0.29, 0.717) is 24.3 Å². The van der Waals surface area contributed by atoms with Gasteiger partial charge in [0.2, 0.25) is 0 Å². The van der Waals surface area contributed by atoms with Gasteiger partial charge in [0.05, 0.1) is 12.7 Å². The molecule has 1 atom stereocenters. The summed E-state index contributed by atoms with van der Waals surface area (Å²) >= 11 is 0. The lowest BCUT2D eigenvalue weighted by molar-refractivity contribution is 0.0922. The van der Waals surface area contributed by atoms with Crippen LogP contribution in [0.2, 0.25) is 0 Å². The van der Waals surface area contributed by atoms with Gasteiger partial charge in [-0.1, -0.05) is 13.0 Å². The van der Waals surface area contributed by atoms with Crippen molar-refractivity contribution in [1.82, 2.24) is 0 Å². The Balaban J connectivity index is 3.14. The topological polar surface area (TPSA) is 52.3 Å². The lowest BCUT2D eigenvalue weighted by Crippen LogP contribution is -2.17. The number of hydrogen-bond donors (Lipinski definition) is 1. The molecule has 0 aliphatic heterocycles.